The topological polar surface area (TPSA) is 78.9 Å². The molecule has 434 valence electrons. The summed E-state index contributed by atoms with van der Waals surface area (Å²) >= 11 is 0. The molecule has 6 nitrogen and oxygen atoms in total. The highest BCUT2D eigenvalue weighted by Gasteiger charge is 2.19. The van der Waals surface area contributed by atoms with Gasteiger partial charge >= 0.3 is 17.9 Å². The summed E-state index contributed by atoms with van der Waals surface area (Å²) < 4.78 is 16.9. The van der Waals surface area contributed by atoms with Gasteiger partial charge in [-0.15, -0.1) is 0 Å². The van der Waals surface area contributed by atoms with Crippen molar-refractivity contribution in [3.63, 3.8) is 0 Å². The van der Waals surface area contributed by atoms with Gasteiger partial charge in [0.2, 0.25) is 0 Å². The Labute approximate surface area is 465 Å². The summed E-state index contributed by atoms with van der Waals surface area (Å²) in [6, 6.07) is 0. The molecule has 0 spiro atoms. The van der Waals surface area contributed by atoms with Gasteiger partial charge in [-0.1, -0.05) is 312 Å². The molecule has 6 heteroatoms. The van der Waals surface area contributed by atoms with Gasteiger partial charge in [0.1, 0.15) is 13.2 Å². The minimum atomic E-state index is -0.796. The van der Waals surface area contributed by atoms with Crippen molar-refractivity contribution in [2.75, 3.05) is 13.2 Å². The molecule has 0 aliphatic carbocycles. The fourth-order valence-electron chi connectivity index (χ4n) is 9.39. The molecule has 0 aliphatic heterocycles. The zero-order valence-electron chi connectivity index (χ0n) is 49.8. The number of unbranched alkanes of at least 4 members (excludes halogenated alkanes) is 36. The van der Waals surface area contributed by atoms with Crippen molar-refractivity contribution in [3.05, 3.63) is 72.9 Å². The Balaban J connectivity index is 4.36. The van der Waals surface area contributed by atoms with Crippen LogP contribution in [0.5, 0.6) is 0 Å². The first-order chi connectivity index (χ1) is 37.0. The molecule has 0 heterocycles. The van der Waals surface area contributed by atoms with E-state index in [-0.39, 0.29) is 37.5 Å². The number of rotatable bonds is 59. The van der Waals surface area contributed by atoms with Gasteiger partial charge in [0.25, 0.3) is 0 Å². The molecular formula is C69H122O6. The molecule has 0 aromatic rings. The van der Waals surface area contributed by atoms with E-state index in [2.05, 4.69) is 93.7 Å². The molecule has 75 heavy (non-hydrogen) atoms. The van der Waals surface area contributed by atoms with E-state index in [0.717, 1.165) is 89.9 Å². The van der Waals surface area contributed by atoms with Crippen LogP contribution in [0.2, 0.25) is 0 Å². The largest absolute Gasteiger partial charge is 0.462 e. The molecule has 0 amide bonds. The first-order valence-electron chi connectivity index (χ1n) is 32.4. The summed E-state index contributed by atoms with van der Waals surface area (Å²) in [5, 5.41) is 0. The summed E-state index contributed by atoms with van der Waals surface area (Å²) in [6.07, 6.45) is 82.0. The van der Waals surface area contributed by atoms with E-state index in [0.29, 0.717) is 19.3 Å². The highest BCUT2D eigenvalue weighted by molar-refractivity contribution is 5.71. The van der Waals surface area contributed by atoms with Crippen LogP contribution in [0.3, 0.4) is 0 Å². The van der Waals surface area contributed by atoms with Gasteiger partial charge in [-0.25, -0.2) is 0 Å². The third-order valence-corrected chi connectivity index (χ3v) is 14.2. The van der Waals surface area contributed by atoms with E-state index < -0.39 is 6.10 Å². The van der Waals surface area contributed by atoms with Crippen molar-refractivity contribution >= 4 is 17.9 Å². The van der Waals surface area contributed by atoms with Gasteiger partial charge < -0.3 is 14.2 Å². The molecule has 0 fully saturated rings. The van der Waals surface area contributed by atoms with E-state index in [9.17, 15) is 14.4 Å². The monoisotopic (exact) mass is 1050 g/mol. The molecule has 1 atom stereocenters. The predicted molar refractivity (Wildman–Crippen MR) is 325 cm³/mol. The summed E-state index contributed by atoms with van der Waals surface area (Å²) in [4.78, 5) is 38.3. The second kappa shape index (κ2) is 63.4. The van der Waals surface area contributed by atoms with Gasteiger partial charge in [-0.05, 0) is 70.6 Å². The lowest BCUT2D eigenvalue weighted by Gasteiger charge is -2.18. The highest BCUT2D eigenvalue weighted by Crippen LogP contribution is 2.17. The Bertz CT molecular complexity index is 1390. The molecule has 0 rings (SSSR count). The molecule has 1 unspecified atom stereocenters. The molecule has 0 aromatic carbocycles. The lowest BCUT2D eigenvalue weighted by atomic mass is 10.0. The van der Waals surface area contributed by atoms with Crippen LogP contribution in [-0.4, -0.2) is 37.2 Å². The number of allylic oxidation sites excluding steroid dienone is 12. The molecular weight excluding hydrogens is 925 g/mol. The molecule has 0 saturated carbocycles. The molecule has 0 N–H and O–H groups in total. The minimum absolute atomic E-state index is 0.0888. The van der Waals surface area contributed by atoms with Crippen molar-refractivity contribution in [2.45, 2.75) is 335 Å². The van der Waals surface area contributed by atoms with Gasteiger partial charge in [-0.2, -0.15) is 0 Å². The maximum Gasteiger partial charge on any atom is 0.306 e. The molecule has 0 radical (unpaired) electrons. The lowest BCUT2D eigenvalue weighted by molar-refractivity contribution is -0.167. The van der Waals surface area contributed by atoms with Crippen molar-refractivity contribution < 1.29 is 28.6 Å². The Kier molecular flexibility index (Phi) is 60.7. The molecule has 0 saturated heterocycles. The van der Waals surface area contributed by atoms with Gasteiger partial charge in [0, 0.05) is 19.3 Å². The maximum atomic E-state index is 12.9. The smallest absolute Gasteiger partial charge is 0.306 e. The molecule has 0 bridgehead atoms. The first-order valence-corrected chi connectivity index (χ1v) is 32.4. The zero-order chi connectivity index (χ0) is 54.3. The van der Waals surface area contributed by atoms with Crippen LogP contribution >= 0.6 is 0 Å². The Morgan fingerprint density at radius 3 is 0.813 bits per heavy atom. The molecule has 0 aliphatic rings. The van der Waals surface area contributed by atoms with Crippen LogP contribution in [0, 0.1) is 0 Å². The Hall–Kier alpha value is -3.15. The number of hydrogen-bond acceptors (Lipinski definition) is 6. The number of ether oxygens (including phenoxy) is 3. The van der Waals surface area contributed by atoms with Crippen LogP contribution in [-0.2, 0) is 28.6 Å². The first kappa shape index (κ1) is 71.8. The fourth-order valence-corrected chi connectivity index (χ4v) is 9.39. The van der Waals surface area contributed by atoms with E-state index in [1.165, 1.54) is 193 Å². The number of carbonyl (C=O) groups is 3. The lowest BCUT2D eigenvalue weighted by Crippen LogP contribution is -2.30. The van der Waals surface area contributed by atoms with Crippen LogP contribution in [0.25, 0.3) is 0 Å². The molecule has 0 aromatic heterocycles. The summed E-state index contributed by atoms with van der Waals surface area (Å²) in [5.74, 6) is -0.915. The summed E-state index contributed by atoms with van der Waals surface area (Å²) in [7, 11) is 0. The van der Waals surface area contributed by atoms with Gasteiger partial charge in [0.05, 0.1) is 0 Å². The van der Waals surface area contributed by atoms with Crippen LogP contribution in [0.15, 0.2) is 72.9 Å². The average molecular weight is 1050 g/mol. The van der Waals surface area contributed by atoms with Gasteiger partial charge in [-0.3, -0.25) is 14.4 Å². The number of hydrogen-bond donors (Lipinski definition) is 0. The summed E-state index contributed by atoms with van der Waals surface area (Å²) in [6.45, 7) is 6.54. The second-order valence-electron chi connectivity index (χ2n) is 21.7. The predicted octanol–water partition coefficient (Wildman–Crippen LogP) is 22.1. The van der Waals surface area contributed by atoms with E-state index in [1.54, 1.807) is 0 Å². The number of carbonyl (C=O) groups excluding carboxylic acids is 3. The average Bonchev–Trinajstić information content (AvgIpc) is 3.41. The third kappa shape index (κ3) is 61.6. The Morgan fingerprint density at radius 1 is 0.280 bits per heavy atom. The van der Waals surface area contributed by atoms with Crippen molar-refractivity contribution in [1.29, 1.82) is 0 Å². The fraction of sp³-hybridized carbons (Fsp3) is 0.783. The van der Waals surface area contributed by atoms with Crippen molar-refractivity contribution in [2.24, 2.45) is 0 Å². The highest BCUT2D eigenvalue weighted by atomic mass is 16.6. The minimum Gasteiger partial charge on any atom is -0.462 e. The Morgan fingerprint density at radius 2 is 0.520 bits per heavy atom. The van der Waals surface area contributed by atoms with Gasteiger partial charge in [0.15, 0.2) is 6.10 Å². The van der Waals surface area contributed by atoms with Crippen LogP contribution in [0.1, 0.15) is 329 Å². The maximum absolute atomic E-state index is 12.9. The summed E-state index contributed by atoms with van der Waals surface area (Å²) in [5.41, 5.74) is 0. The van der Waals surface area contributed by atoms with E-state index in [1.807, 2.05) is 0 Å². The quantitative estimate of drug-likeness (QED) is 0.0261. The SMILES string of the molecule is CC/C=C\C/C=C\C/C=C\C/C=C\C/C=C\C/C=C\CCCCC(=O)OC(COC(=O)CCCCCCCCCCCCCCC)COC(=O)CCCCCCCCCCCCCCCCCCCCCCCCC. The van der Waals surface area contributed by atoms with E-state index in [4.69, 9.17) is 14.2 Å². The van der Waals surface area contributed by atoms with Crippen molar-refractivity contribution in [1.82, 2.24) is 0 Å². The second-order valence-corrected chi connectivity index (χ2v) is 21.7. The third-order valence-electron chi connectivity index (χ3n) is 14.2. The van der Waals surface area contributed by atoms with Crippen LogP contribution < -0.4 is 0 Å². The standard InChI is InChI=1S/C69H122O6/c1-4-7-10-13-16-19-22-25-27-29-31-33-34-36-37-39-41-44-47-50-53-56-59-62-68(71)74-65-66(64-73-67(70)61-58-55-52-49-46-43-24-21-18-15-12-9-6-3)75-69(72)63-60-57-54-51-48-45-42-40-38-35-32-30-28-26-23-20-17-14-11-8-5-2/h8,11,17,20,26,28,32,35,40,42,48,51,66H,4-7,9-10,12-16,18-19,21-25,27,29-31,33-34,36-39,41,43-47,49-50,52-65H2,1-3H3/b11-8-,20-17-,28-26-,35-32-,42-40-,51-48-. The zero-order valence-corrected chi connectivity index (χ0v) is 49.8. The normalized spacial score (nSPS) is 12.5. The van der Waals surface area contributed by atoms with Crippen LogP contribution in [0.4, 0.5) is 0 Å². The van der Waals surface area contributed by atoms with E-state index >= 15 is 0 Å². The van der Waals surface area contributed by atoms with Crippen molar-refractivity contribution in [3.8, 4) is 0 Å². The number of esters is 3.